The standard InChI is InChI=1S/C6H16BO3/c1-2-3-4-5-6-7(8,9)10/h8-10H,2-6H2,1H3/q-1. The van der Waals surface area contributed by atoms with Crippen molar-refractivity contribution in [3.05, 3.63) is 0 Å². The molecule has 0 fully saturated rings. The highest BCUT2D eigenvalue weighted by Crippen LogP contribution is 2.07. The second-order valence-electron chi connectivity index (χ2n) is 2.74. The highest BCUT2D eigenvalue weighted by molar-refractivity contribution is 6.56. The van der Waals surface area contributed by atoms with E-state index in [1.807, 2.05) is 0 Å². The molecule has 0 bridgehead atoms. The minimum absolute atomic E-state index is 0.111. The highest BCUT2D eigenvalue weighted by atomic mass is 16.5. The summed E-state index contributed by atoms with van der Waals surface area (Å²) < 4.78 is 0. The van der Waals surface area contributed by atoms with Gasteiger partial charge in [-0.15, -0.1) is 0 Å². The molecule has 3 N–H and O–H groups in total. The van der Waals surface area contributed by atoms with Crippen LogP contribution < -0.4 is 0 Å². The zero-order valence-electron chi connectivity index (χ0n) is 6.45. The molecule has 0 aromatic heterocycles. The van der Waals surface area contributed by atoms with Gasteiger partial charge < -0.3 is 15.1 Å². The molecular formula is C6H16BO3-. The van der Waals surface area contributed by atoms with Crippen LogP contribution >= 0.6 is 0 Å². The van der Waals surface area contributed by atoms with Crippen molar-refractivity contribution in [1.82, 2.24) is 0 Å². The van der Waals surface area contributed by atoms with E-state index in [0.29, 0.717) is 6.42 Å². The van der Waals surface area contributed by atoms with Crippen molar-refractivity contribution in [2.75, 3.05) is 0 Å². The van der Waals surface area contributed by atoms with Crippen LogP contribution in [-0.2, 0) is 0 Å². The Morgan fingerprint density at radius 3 is 2.00 bits per heavy atom. The summed E-state index contributed by atoms with van der Waals surface area (Å²) in [6.45, 7) is -0.938. The third kappa shape index (κ3) is 7.94. The summed E-state index contributed by atoms with van der Waals surface area (Å²) in [6.07, 6.45) is 3.97. The quantitative estimate of drug-likeness (QED) is 0.391. The first-order valence-electron chi connectivity index (χ1n) is 3.89. The van der Waals surface area contributed by atoms with Crippen LogP contribution in [0.4, 0.5) is 0 Å². The molecule has 0 atom stereocenters. The van der Waals surface area contributed by atoms with Gasteiger partial charge in [-0.3, -0.25) is 0 Å². The fourth-order valence-electron chi connectivity index (χ4n) is 0.845. The zero-order chi connectivity index (χ0) is 8.04. The molecule has 0 aromatic carbocycles. The molecule has 3 nitrogen and oxygen atoms in total. The molecule has 0 radical (unpaired) electrons. The largest absolute Gasteiger partial charge is 0.560 e. The SMILES string of the molecule is CCCCCC[B-](O)(O)O. The number of hydrogen-bond donors (Lipinski definition) is 3. The average Bonchev–Trinajstić information content (AvgIpc) is 1.78. The smallest absolute Gasteiger partial charge is 0.371 e. The first kappa shape index (κ1) is 9.94. The van der Waals surface area contributed by atoms with Gasteiger partial charge >= 0.3 is 6.75 Å². The first-order chi connectivity index (χ1) is 4.56. The van der Waals surface area contributed by atoms with E-state index in [9.17, 15) is 0 Å². The molecule has 0 saturated heterocycles. The van der Waals surface area contributed by atoms with Crippen LogP contribution in [0.2, 0.25) is 6.32 Å². The highest BCUT2D eigenvalue weighted by Gasteiger charge is 2.13. The van der Waals surface area contributed by atoms with E-state index in [-0.39, 0.29) is 6.32 Å². The minimum Gasteiger partial charge on any atom is -0.560 e. The monoisotopic (exact) mass is 147 g/mol. The van der Waals surface area contributed by atoms with Gasteiger partial charge in [0.1, 0.15) is 0 Å². The molecular weight excluding hydrogens is 131 g/mol. The van der Waals surface area contributed by atoms with E-state index in [1.54, 1.807) is 0 Å². The molecule has 0 amide bonds. The van der Waals surface area contributed by atoms with Crippen LogP contribution in [0, 0.1) is 0 Å². The Morgan fingerprint density at radius 2 is 1.60 bits per heavy atom. The van der Waals surface area contributed by atoms with Gasteiger partial charge in [-0.05, 0) is 0 Å². The second kappa shape index (κ2) is 4.71. The second-order valence-corrected chi connectivity index (χ2v) is 2.74. The fraction of sp³-hybridized carbons (Fsp3) is 1.00. The van der Waals surface area contributed by atoms with Gasteiger partial charge in [0.2, 0.25) is 0 Å². The van der Waals surface area contributed by atoms with E-state index in [0.717, 1.165) is 19.3 Å². The van der Waals surface area contributed by atoms with Crippen molar-refractivity contribution < 1.29 is 15.1 Å². The summed E-state index contributed by atoms with van der Waals surface area (Å²) in [6, 6.07) is 0. The summed E-state index contributed by atoms with van der Waals surface area (Å²) in [5.74, 6) is 0. The average molecular weight is 147 g/mol. The molecule has 0 aliphatic carbocycles. The fourth-order valence-corrected chi connectivity index (χ4v) is 0.845. The van der Waals surface area contributed by atoms with Crippen LogP contribution in [0.1, 0.15) is 32.6 Å². The lowest BCUT2D eigenvalue weighted by atomic mass is 9.74. The Bertz CT molecular complexity index is 79.6. The van der Waals surface area contributed by atoms with Crippen LogP contribution in [0.15, 0.2) is 0 Å². The predicted molar refractivity (Wildman–Crippen MR) is 41.4 cm³/mol. The van der Waals surface area contributed by atoms with Gasteiger partial charge in [0, 0.05) is 0 Å². The molecule has 0 aliphatic heterocycles. The zero-order valence-corrected chi connectivity index (χ0v) is 6.45. The maximum absolute atomic E-state index is 8.49. The minimum atomic E-state index is -3.02. The van der Waals surface area contributed by atoms with E-state index < -0.39 is 6.75 Å². The summed E-state index contributed by atoms with van der Waals surface area (Å²) in [5.41, 5.74) is 0. The number of rotatable bonds is 5. The number of hydrogen-bond acceptors (Lipinski definition) is 3. The number of unbranched alkanes of at least 4 members (excludes halogenated alkanes) is 3. The summed E-state index contributed by atoms with van der Waals surface area (Å²) in [4.78, 5) is 0. The molecule has 0 spiro atoms. The van der Waals surface area contributed by atoms with Crippen LogP contribution in [0.3, 0.4) is 0 Å². The Labute approximate surface area is 61.7 Å². The molecule has 0 aromatic rings. The molecule has 0 unspecified atom stereocenters. The molecule has 0 rings (SSSR count). The van der Waals surface area contributed by atoms with Crippen molar-refractivity contribution in [3.8, 4) is 0 Å². The summed E-state index contributed by atoms with van der Waals surface area (Å²) in [7, 11) is 0. The van der Waals surface area contributed by atoms with Gasteiger partial charge in [-0.2, -0.15) is 0 Å². The maximum Gasteiger partial charge on any atom is 0.371 e. The molecule has 10 heavy (non-hydrogen) atoms. The van der Waals surface area contributed by atoms with Crippen LogP contribution in [-0.4, -0.2) is 21.8 Å². The van der Waals surface area contributed by atoms with Crippen LogP contribution in [0.5, 0.6) is 0 Å². The van der Waals surface area contributed by atoms with Gasteiger partial charge in [0.05, 0.1) is 0 Å². The maximum atomic E-state index is 8.49. The summed E-state index contributed by atoms with van der Waals surface area (Å²) >= 11 is 0. The first-order valence-corrected chi connectivity index (χ1v) is 3.89. The lowest BCUT2D eigenvalue weighted by molar-refractivity contribution is 0.226. The third-order valence-corrected chi connectivity index (χ3v) is 1.44. The lowest BCUT2D eigenvalue weighted by Gasteiger charge is -2.19. The third-order valence-electron chi connectivity index (χ3n) is 1.44. The summed E-state index contributed by atoms with van der Waals surface area (Å²) in [5, 5.41) is 25.5. The Morgan fingerprint density at radius 1 is 1.00 bits per heavy atom. The van der Waals surface area contributed by atoms with Crippen molar-refractivity contribution in [2.24, 2.45) is 0 Å². The van der Waals surface area contributed by atoms with Gasteiger partial charge in [-0.25, -0.2) is 0 Å². The molecule has 0 heterocycles. The van der Waals surface area contributed by atoms with Gasteiger partial charge in [0.15, 0.2) is 0 Å². The van der Waals surface area contributed by atoms with E-state index in [2.05, 4.69) is 6.92 Å². The van der Waals surface area contributed by atoms with Gasteiger partial charge in [0.25, 0.3) is 0 Å². The lowest BCUT2D eigenvalue weighted by Crippen LogP contribution is -2.33. The Balaban J connectivity index is 3.04. The topological polar surface area (TPSA) is 60.7 Å². The molecule has 0 saturated carbocycles. The molecule has 0 aliphatic rings. The van der Waals surface area contributed by atoms with E-state index >= 15 is 0 Å². The van der Waals surface area contributed by atoms with Crippen molar-refractivity contribution in [1.29, 1.82) is 0 Å². The molecule has 4 heteroatoms. The van der Waals surface area contributed by atoms with Crippen LogP contribution in [0.25, 0.3) is 0 Å². The van der Waals surface area contributed by atoms with Crippen molar-refractivity contribution in [3.63, 3.8) is 0 Å². The van der Waals surface area contributed by atoms with E-state index in [4.69, 9.17) is 15.1 Å². The van der Waals surface area contributed by atoms with Crippen molar-refractivity contribution in [2.45, 2.75) is 38.9 Å². The van der Waals surface area contributed by atoms with E-state index in [1.165, 1.54) is 0 Å². The Kier molecular flexibility index (Phi) is 4.69. The molecule has 62 valence electrons. The van der Waals surface area contributed by atoms with Crippen molar-refractivity contribution >= 4 is 6.75 Å². The predicted octanol–water partition coefficient (Wildman–Crippen LogP) is 0.482. The normalized spacial score (nSPS) is 12.0. The van der Waals surface area contributed by atoms with Gasteiger partial charge in [-0.1, -0.05) is 38.9 Å². The Hall–Kier alpha value is -0.0551.